The Hall–Kier alpha value is -1.35. The van der Waals surface area contributed by atoms with Gasteiger partial charge in [-0.25, -0.2) is 0 Å². The maximum absolute atomic E-state index is 14.2. The summed E-state index contributed by atoms with van der Waals surface area (Å²) in [6, 6.07) is 0.0837. The first kappa shape index (κ1) is 24.7. The lowest BCUT2D eigenvalue weighted by Gasteiger charge is -2.30. The van der Waals surface area contributed by atoms with E-state index in [2.05, 4.69) is 23.2 Å². The first-order valence-corrected chi connectivity index (χ1v) is 7.58. The van der Waals surface area contributed by atoms with Gasteiger partial charge in [0.1, 0.15) is 0 Å². The van der Waals surface area contributed by atoms with E-state index in [1.54, 1.807) is 0 Å². The molecule has 16 heteroatoms. The Kier molecular flexibility index (Phi) is 6.90. The standard InChI is InChI=1S/C12H9BCl2F8N2O3/c14-11(20,21)9(16,17)4-1-2-5(25-6(26)3-24)7(8(4)13(27)28)10(18,19)12(15,22)23/h1-2,27-28H,3,24H2,(H,25,26). The highest BCUT2D eigenvalue weighted by Gasteiger charge is 2.62. The third kappa shape index (κ3) is 4.45. The number of hydrogen-bond acceptors (Lipinski definition) is 4. The van der Waals surface area contributed by atoms with Gasteiger partial charge in [0.25, 0.3) is 0 Å². The summed E-state index contributed by atoms with van der Waals surface area (Å²) in [5, 5.41) is 9.02. The summed E-state index contributed by atoms with van der Waals surface area (Å²) in [6.07, 6.45) is 0. The smallest absolute Gasteiger partial charge is 0.423 e. The first-order chi connectivity index (χ1) is 12.4. The van der Waals surface area contributed by atoms with Crippen LogP contribution in [0.15, 0.2) is 12.1 Å². The molecule has 1 rings (SSSR count). The minimum Gasteiger partial charge on any atom is -0.423 e. The Balaban J connectivity index is 4.04. The SMILES string of the molecule is NCC(=O)Nc1ccc(C(F)(F)C(F)(F)Cl)c(B(O)O)c1C(F)(F)C(F)(F)Cl. The summed E-state index contributed by atoms with van der Waals surface area (Å²) < 4.78 is 109. The zero-order chi connectivity index (χ0) is 22.3. The van der Waals surface area contributed by atoms with Crippen LogP contribution in [0, 0.1) is 0 Å². The van der Waals surface area contributed by atoms with Gasteiger partial charge in [0.05, 0.1) is 12.1 Å². The van der Waals surface area contributed by atoms with Crippen molar-refractivity contribution in [3.63, 3.8) is 0 Å². The quantitative estimate of drug-likeness (QED) is 0.283. The molecule has 0 bridgehead atoms. The Morgan fingerprint density at radius 2 is 1.46 bits per heavy atom. The van der Waals surface area contributed by atoms with E-state index in [4.69, 9.17) is 5.73 Å². The molecule has 0 atom stereocenters. The molecule has 0 aliphatic heterocycles. The predicted octanol–water partition coefficient (Wildman–Crippen LogP) is 2.11. The van der Waals surface area contributed by atoms with Crippen molar-refractivity contribution in [3.05, 3.63) is 23.3 Å². The number of rotatable bonds is 7. The number of nitrogens with two attached hydrogens (primary N) is 1. The molecule has 0 unspecified atom stereocenters. The molecule has 5 nitrogen and oxygen atoms in total. The van der Waals surface area contributed by atoms with Crippen LogP contribution >= 0.6 is 23.2 Å². The van der Waals surface area contributed by atoms with Crippen LogP contribution in [0.5, 0.6) is 0 Å². The first-order valence-electron chi connectivity index (χ1n) is 6.82. The molecule has 28 heavy (non-hydrogen) atoms. The van der Waals surface area contributed by atoms with E-state index in [9.17, 15) is 50.0 Å². The minimum atomic E-state index is -5.65. The van der Waals surface area contributed by atoms with Gasteiger partial charge in [-0.2, -0.15) is 35.1 Å². The van der Waals surface area contributed by atoms with E-state index in [1.165, 1.54) is 5.32 Å². The van der Waals surface area contributed by atoms with Crippen LogP contribution in [0.1, 0.15) is 11.1 Å². The number of nitrogens with one attached hydrogen (secondary N) is 1. The van der Waals surface area contributed by atoms with E-state index < -0.39 is 64.5 Å². The predicted molar refractivity (Wildman–Crippen MR) is 83.3 cm³/mol. The Morgan fingerprint density at radius 1 is 1.00 bits per heavy atom. The second kappa shape index (κ2) is 7.82. The monoisotopic (exact) mass is 462 g/mol. The van der Waals surface area contributed by atoms with Crippen molar-refractivity contribution in [1.29, 1.82) is 0 Å². The number of benzene rings is 1. The van der Waals surface area contributed by atoms with Gasteiger partial charge in [0, 0.05) is 16.7 Å². The lowest BCUT2D eigenvalue weighted by molar-refractivity contribution is -0.167. The van der Waals surface area contributed by atoms with E-state index in [0.717, 1.165) is 0 Å². The summed E-state index contributed by atoms with van der Waals surface area (Å²) in [7, 11) is -3.41. The molecule has 0 radical (unpaired) electrons. The Bertz CT molecular complexity index is 756. The van der Waals surface area contributed by atoms with Crippen molar-refractivity contribution in [1.82, 2.24) is 0 Å². The number of alkyl halides is 10. The van der Waals surface area contributed by atoms with E-state index in [1.807, 2.05) is 0 Å². The number of anilines is 1. The maximum atomic E-state index is 14.2. The maximum Gasteiger partial charge on any atom is 0.489 e. The highest BCUT2D eigenvalue weighted by atomic mass is 35.5. The molecule has 0 aromatic heterocycles. The van der Waals surface area contributed by atoms with Crippen molar-refractivity contribution < 1.29 is 50.0 Å². The summed E-state index contributed by atoms with van der Waals surface area (Å²) >= 11 is 8.53. The van der Waals surface area contributed by atoms with Crippen LogP contribution in [0.2, 0.25) is 0 Å². The fourth-order valence-electron chi connectivity index (χ4n) is 2.10. The lowest BCUT2D eigenvalue weighted by atomic mass is 9.70. The molecule has 158 valence electrons. The fourth-order valence-corrected chi connectivity index (χ4v) is 2.30. The number of halogens is 10. The summed E-state index contributed by atoms with van der Waals surface area (Å²) in [5.41, 5.74) is -3.18. The molecular weight excluding hydrogens is 454 g/mol. The minimum absolute atomic E-state index is 0.0385. The number of amides is 1. The third-order valence-electron chi connectivity index (χ3n) is 3.33. The van der Waals surface area contributed by atoms with E-state index in [-0.39, 0.29) is 12.1 Å². The molecule has 0 aliphatic carbocycles. The van der Waals surface area contributed by atoms with E-state index >= 15 is 0 Å². The van der Waals surface area contributed by atoms with Gasteiger partial charge in [-0.05, 0) is 29.3 Å². The molecule has 1 aromatic rings. The van der Waals surface area contributed by atoms with E-state index in [0.29, 0.717) is 0 Å². The van der Waals surface area contributed by atoms with Crippen molar-refractivity contribution in [2.24, 2.45) is 5.73 Å². The van der Waals surface area contributed by atoms with Gasteiger partial charge < -0.3 is 21.1 Å². The molecular formula is C12H9BCl2F8N2O3. The number of hydrogen-bond donors (Lipinski definition) is 4. The molecule has 0 fully saturated rings. The normalized spacial score (nSPS) is 13.5. The molecule has 1 amide bonds. The van der Waals surface area contributed by atoms with Crippen LogP contribution in [-0.2, 0) is 16.6 Å². The van der Waals surface area contributed by atoms with Crippen LogP contribution in [0.3, 0.4) is 0 Å². The van der Waals surface area contributed by atoms with Gasteiger partial charge in [0.2, 0.25) is 5.91 Å². The van der Waals surface area contributed by atoms with Gasteiger partial charge in [0.15, 0.2) is 0 Å². The third-order valence-corrected chi connectivity index (χ3v) is 3.80. The Labute approximate surface area is 161 Å². The lowest BCUT2D eigenvalue weighted by Crippen LogP contribution is -2.49. The molecule has 0 saturated carbocycles. The van der Waals surface area contributed by atoms with Crippen molar-refractivity contribution >= 4 is 47.4 Å². The van der Waals surface area contributed by atoms with Gasteiger partial charge >= 0.3 is 29.7 Å². The zero-order valence-electron chi connectivity index (χ0n) is 13.1. The van der Waals surface area contributed by atoms with Crippen molar-refractivity contribution in [2.45, 2.75) is 22.6 Å². The highest BCUT2D eigenvalue weighted by molar-refractivity contribution is 6.60. The van der Waals surface area contributed by atoms with Crippen LogP contribution in [0.25, 0.3) is 0 Å². The molecule has 0 heterocycles. The summed E-state index contributed by atoms with van der Waals surface area (Å²) in [4.78, 5) is 11.3. The molecule has 0 saturated heterocycles. The Morgan fingerprint density at radius 3 is 1.82 bits per heavy atom. The zero-order valence-corrected chi connectivity index (χ0v) is 14.6. The van der Waals surface area contributed by atoms with Gasteiger partial charge in [-0.15, -0.1) is 0 Å². The van der Waals surface area contributed by atoms with Crippen molar-refractivity contribution in [3.8, 4) is 0 Å². The fraction of sp³-hybridized carbons (Fsp3) is 0.417. The number of carbonyl (C=O) groups is 1. The van der Waals surface area contributed by atoms with Crippen LogP contribution < -0.4 is 16.5 Å². The molecule has 5 N–H and O–H groups in total. The van der Waals surface area contributed by atoms with Crippen molar-refractivity contribution in [2.75, 3.05) is 11.9 Å². The molecule has 0 spiro atoms. The largest absolute Gasteiger partial charge is 0.489 e. The average Bonchev–Trinajstić information content (AvgIpc) is 2.51. The summed E-state index contributed by atoms with van der Waals surface area (Å²) in [6.45, 7) is -0.892. The van der Waals surface area contributed by atoms with Crippen LogP contribution in [0.4, 0.5) is 40.8 Å². The molecule has 1 aromatic carbocycles. The van der Waals surface area contributed by atoms with Gasteiger partial charge in [-0.3, -0.25) is 4.79 Å². The molecule has 0 aliphatic rings. The second-order valence-electron chi connectivity index (χ2n) is 5.22. The van der Waals surface area contributed by atoms with Gasteiger partial charge in [-0.1, -0.05) is 6.07 Å². The van der Waals surface area contributed by atoms with Crippen LogP contribution in [-0.4, -0.2) is 40.4 Å². The number of carbonyl (C=O) groups excluding carboxylic acids is 1. The average molecular weight is 463 g/mol. The summed E-state index contributed by atoms with van der Waals surface area (Å²) in [5.74, 6) is -12.5. The highest BCUT2D eigenvalue weighted by Crippen LogP contribution is 2.50. The topological polar surface area (TPSA) is 95.6 Å². The second-order valence-corrected chi connectivity index (χ2v) is 6.17.